The van der Waals surface area contributed by atoms with Crippen molar-refractivity contribution in [1.29, 1.82) is 0 Å². The Morgan fingerprint density at radius 3 is 2.65 bits per heavy atom. The lowest BCUT2D eigenvalue weighted by Gasteiger charge is -2.29. The van der Waals surface area contributed by atoms with Crippen molar-refractivity contribution in [2.45, 2.75) is 25.8 Å². The van der Waals surface area contributed by atoms with E-state index in [4.69, 9.17) is 20.8 Å². The van der Waals surface area contributed by atoms with Gasteiger partial charge in [-0.1, -0.05) is 23.7 Å². The molecule has 1 amide bonds. The maximum absolute atomic E-state index is 13.1. The zero-order chi connectivity index (χ0) is 21.4. The van der Waals surface area contributed by atoms with Gasteiger partial charge in [-0.25, -0.2) is 0 Å². The second-order valence-electron chi connectivity index (χ2n) is 8.07. The maximum atomic E-state index is 13.1. The summed E-state index contributed by atoms with van der Waals surface area (Å²) >= 11 is 5.97. The van der Waals surface area contributed by atoms with Crippen molar-refractivity contribution in [3.05, 3.63) is 63.5 Å². The van der Waals surface area contributed by atoms with Gasteiger partial charge >= 0.3 is 0 Å². The third-order valence-electron chi connectivity index (χ3n) is 6.01. The molecule has 0 spiro atoms. The number of benzene rings is 2. The number of carbonyl (C=O) groups is 1. The van der Waals surface area contributed by atoms with Gasteiger partial charge in [-0.05, 0) is 42.7 Å². The van der Waals surface area contributed by atoms with Crippen LogP contribution in [0.1, 0.15) is 24.8 Å². The van der Waals surface area contributed by atoms with E-state index in [1.807, 2.05) is 23.1 Å². The summed E-state index contributed by atoms with van der Waals surface area (Å²) < 4.78 is 11.9. The van der Waals surface area contributed by atoms with Crippen LogP contribution in [0.3, 0.4) is 0 Å². The van der Waals surface area contributed by atoms with E-state index in [-0.39, 0.29) is 11.3 Å². The molecule has 31 heavy (non-hydrogen) atoms. The van der Waals surface area contributed by atoms with Crippen LogP contribution in [0.5, 0.6) is 5.75 Å². The fraction of sp³-hybridized carbons (Fsp3) is 0.333. The molecule has 2 aliphatic heterocycles. The van der Waals surface area contributed by atoms with Gasteiger partial charge in [0.15, 0.2) is 0 Å². The molecule has 1 fully saturated rings. The van der Waals surface area contributed by atoms with Gasteiger partial charge in [0, 0.05) is 37.6 Å². The maximum Gasteiger partial charge on any atom is 0.222 e. The van der Waals surface area contributed by atoms with E-state index in [0.717, 1.165) is 49.4 Å². The monoisotopic (exact) mass is 438 g/mol. The van der Waals surface area contributed by atoms with Gasteiger partial charge < -0.3 is 14.1 Å². The summed E-state index contributed by atoms with van der Waals surface area (Å²) in [6, 6.07) is 10.8. The Labute approximate surface area is 185 Å². The number of carbonyl (C=O) groups excluding carboxylic acids is 1. The first-order valence-corrected chi connectivity index (χ1v) is 10.9. The summed E-state index contributed by atoms with van der Waals surface area (Å²) in [5.41, 5.74) is 2.66. The molecule has 0 N–H and O–H groups in total. The lowest BCUT2D eigenvalue weighted by Crippen LogP contribution is -2.35. The molecular weight excluding hydrogens is 416 g/mol. The fourth-order valence-corrected chi connectivity index (χ4v) is 4.48. The average Bonchev–Trinajstić information content (AvgIpc) is 3.19. The largest absolute Gasteiger partial charge is 0.478 e. The summed E-state index contributed by atoms with van der Waals surface area (Å²) in [6.45, 7) is 3.58. The van der Waals surface area contributed by atoms with Gasteiger partial charge in [0.05, 0.1) is 16.5 Å². The van der Waals surface area contributed by atoms with E-state index in [2.05, 4.69) is 4.90 Å². The van der Waals surface area contributed by atoms with Gasteiger partial charge in [0.2, 0.25) is 11.3 Å². The minimum Gasteiger partial charge on any atom is -0.478 e. The van der Waals surface area contributed by atoms with E-state index >= 15 is 0 Å². The highest BCUT2D eigenvalue weighted by molar-refractivity contribution is 6.30. The Kier molecular flexibility index (Phi) is 5.42. The topological polar surface area (TPSA) is 63.0 Å². The molecule has 0 aliphatic carbocycles. The fourth-order valence-electron chi connectivity index (χ4n) is 4.35. The quantitative estimate of drug-likeness (QED) is 0.595. The Balaban J connectivity index is 1.37. The number of hydrogen-bond acceptors (Lipinski definition) is 5. The zero-order valence-corrected chi connectivity index (χ0v) is 17.9. The van der Waals surface area contributed by atoms with Gasteiger partial charge in [-0.3, -0.25) is 14.5 Å². The molecule has 7 heteroatoms. The molecule has 1 saturated heterocycles. The van der Waals surface area contributed by atoms with Crippen LogP contribution in [-0.4, -0.2) is 42.1 Å². The number of ether oxygens (including phenoxy) is 1. The predicted octanol–water partition coefficient (Wildman–Crippen LogP) is 4.28. The molecule has 3 aromatic rings. The molecule has 0 saturated carbocycles. The van der Waals surface area contributed by atoms with Crippen LogP contribution in [0, 0.1) is 0 Å². The van der Waals surface area contributed by atoms with Crippen LogP contribution < -0.4 is 10.2 Å². The highest BCUT2D eigenvalue weighted by Gasteiger charge is 2.24. The third-order valence-corrected chi connectivity index (χ3v) is 6.27. The van der Waals surface area contributed by atoms with Gasteiger partial charge in [0.25, 0.3) is 0 Å². The molecule has 0 unspecified atom stereocenters. The molecule has 2 aromatic carbocycles. The number of nitrogens with zero attached hydrogens (tertiary/aromatic N) is 2. The van der Waals surface area contributed by atoms with Gasteiger partial charge in [0.1, 0.15) is 24.3 Å². The van der Waals surface area contributed by atoms with E-state index in [1.54, 1.807) is 18.2 Å². The van der Waals surface area contributed by atoms with Crippen LogP contribution in [0.25, 0.3) is 22.1 Å². The van der Waals surface area contributed by atoms with E-state index < -0.39 is 0 Å². The second kappa shape index (κ2) is 8.36. The van der Waals surface area contributed by atoms with Crippen LogP contribution >= 0.6 is 11.6 Å². The Bertz CT molecular complexity index is 1190. The number of halogens is 1. The standard InChI is InChI=1S/C24H23ClN2O4/c25-17-6-4-16(5-7-17)20-14-30-24-18(23(20)29)8-9-21-19(24)13-26(15-31-21)10-2-12-27-11-1-3-22(27)28/h4-9,14H,1-3,10-13,15H2. The van der Waals surface area contributed by atoms with Gasteiger partial charge in [-0.15, -0.1) is 0 Å². The zero-order valence-electron chi connectivity index (χ0n) is 17.1. The molecule has 160 valence electrons. The first-order chi connectivity index (χ1) is 15.1. The average molecular weight is 439 g/mol. The van der Waals surface area contributed by atoms with Crippen LogP contribution in [-0.2, 0) is 11.3 Å². The first-order valence-electron chi connectivity index (χ1n) is 10.6. The van der Waals surface area contributed by atoms with Crippen LogP contribution in [0.15, 0.2) is 51.9 Å². The smallest absolute Gasteiger partial charge is 0.222 e. The van der Waals surface area contributed by atoms with Crippen molar-refractivity contribution in [3.8, 4) is 16.9 Å². The van der Waals surface area contributed by atoms with E-state index in [9.17, 15) is 9.59 Å². The van der Waals surface area contributed by atoms with E-state index in [0.29, 0.717) is 41.3 Å². The summed E-state index contributed by atoms with van der Waals surface area (Å²) in [5, 5.41) is 1.16. The second-order valence-corrected chi connectivity index (χ2v) is 8.50. The normalized spacial score (nSPS) is 16.5. The van der Waals surface area contributed by atoms with Crippen molar-refractivity contribution in [3.63, 3.8) is 0 Å². The third kappa shape index (κ3) is 3.93. The highest BCUT2D eigenvalue weighted by Crippen LogP contribution is 2.32. The van der Waals surface area contributed by atoms with Crippen molar-refractivity contribution in [2.24, 2.45) is 0 Å². The van der Waals surface area contributed by atoms with Crippen LogP contribution in [0.4, 0.5) is 0 Å². The number of rotatable bonds is 5. The van der Waals surface area contributed by atoms with Crippen LogP contribution in [0.2, 0.25) is 5.02 Å². The molecule has 3 heterocycles. The predicted molar refractivity (Wildman–Crippen MR) is 119 cm³/mol. The Morgan fingerprint density at radius 2 is 1.87 bits per heavy atom. The number of likely N-dealkylation sites (tertiary alicyclic amines) is 1. The number of amides is 1. The molecule has 5 rings (SSSR count). The Morgan fingerprint density at radius 1 is 1.03 bits per heavy atom. The molecule has 6 nitrogen and oxygen atoms in total. The molecule has 2 aliphatic rings. The van der Waals surface area contributed by atoms with Crippen molar-refractivity contribution >= 4 is 28.5 Å². The summed E-state index contributed by atoms with van der Waals surface area (Å²) in [7, 11) is 0. The molecular formula is C24H23ClN2O4. The summed E-state index contributed by atoms with van der Waals surface area (Å²) in [5.74, 6) is 1.00. The van der Waals surface area contributed by atoms with Crippen molar-refractivity contribution < 1.29 is 13.9 Å². The number of hydrogen-bond donors (Lipinski definition) is 0. The molecule has 0 atom stereocenters. The summed E-state index contributed by atoms with van der Waals surface area (Å²) in [6.07, 6.45) is 4.04. The lowest BCUT2D eigenvalue weighted by molar-refractivity contribution is -0.127. The first kappa shape index (κ1) is 20.1. The minimum atomic E-state index is -0.0731. The van der Waals surface area contributed by atoms with Crippen molar-refractivity contribution in [2.75, 3.05) is 26.4 Å². The lowest BCUT2D eigenvalue weighted by atomic mass is 10.0. The Hall–Kier alpha value is -2.83. The van der Waals surface area contributed by atoms with Gasteiger partial charge in [-0.2, -0.15) is 0 Å². The van der Waals surface area contributed by atoms with E-state index in [1.165, 1.54) is 6.26 Å². The summed E-state index contributed by atoms with van der Waals surface area (Å²) in [4.78, 5) is 29.0. The highest BCUT2D eigenvalue weighted by atomic mass is 35.5. The van der Waals surface area contributed by atoms with Crippen molar-refractivity contribution in [1.82, 2.24) is 9.80 Å². The molecule has 0 bridgehead atoms. The molecule has 1 aromatic heterocycles. The SMILES string of the molecule is O=C1CCCN1CCCN1COc2ccc3c(=O)c(-c4ccc(Cl)cc4)coc3c2C1. The number of fused-ring (bicyclic) bond motifs is 3. The molecule has 0 radical (unpaired) electrons. The minimum absolute atomic E-state index is 0.0731.